The zero-order valence-corrected chi connectivity index (χ0v) is 18.5. The number of benzene rings is 2. The van der Waals surface area contributed by atoms with Gasteiger partial charge in [-0.1, -0.05) is 59.8 Å². The molecule has 1 atom stereocenters. The second kappa shape index (κ2) is 9.27. The smallest absolute Gasteiger partial charge is 0.326 e. The first-order valence-electron chi connectivity index (χ1n) is 10.1. The molecule has 0 radical (unpaired) electrons. The summed E-state index contributed by atoms with van der Waals surface area (Å²) < 4.78 is 1.82. The second-order valence-electron chi connectivity index (χ2n) is 7.54. The average molecular weight is 450 g/mol. The molecule has 2 heterocycles. The van der Waals surface area contributed by atoms with E-state index >= 15 is 0 Å². The number of nitrogens with zero attached hydrogens (tertiary/aromatic N) is 3. The summed E-state index contributed by atoms with van der Waals surface area (Å²) in [4.78, 5) is 27.4. The van der Waals surface area contributed by atoms with Gasteiger partial charge in [0, 0.05) is 36.1 Å². The summed E-state index contributed by atoms with van der Waals surface area (Å²) in [6, 6.07) is 14.6. The third kappa shape index (κ3) is 4.67. The van der Waals surface area contributed by atoms with Crippen molar-refractivity contribution in [3.05, 3.63) is 65.9 Å². The predicted molar refractivity (Wildman–Crippen MR) is 123 cm³/mol. The largest absolute Gasteiger partial charge is 0.480 e. The van der Waals surface area contributed by atoms with Gasteiger partial charge in [-0.15, -0.1) is 10.2 Å². The highest BCUT2D eigenvalue weighted by molar-refractivity contribution is 7.99. The van der Waals surface area contributed by atoms with Crippen LogP contribution >= 0.6 is 11.8 Å². The zero-order valence-electron chi connectivity index (χ0n) is 17.7. The first kappa shape index (κ1) is 21.6. The molecule has 0 saturated carbocycles. The molecule has 2 aromatic heterocycles. The minimum absolute atomic E-state index is 0.0392. The second-order valence-corrected chi connectivity index (χ2v) is 8.48. The van der Waals surface area contributed by atoms with Crippen molar-refractivity contribution in [2.75, 3.05) is 5.75 Å². The topological polar surface area (TPSA) is 113 Å². The summed E-state index contributed by atoms with van der Waals surface area (Å²) in [6.07, 6.45) is 1.98. The number of thioether (sulfide) groups is 1. The molecule has 0 saturated heterocycles. The number of aliphatic carboxylic acids is 1. The molecule has 1 amide bonds. The van der Waals surface area contributed by atoms with Crippen molar-refractivity contribution in [2.24, 2.45) is 7.05 Å². The number of carboxylic acids is 1. The maximum Gasteiger partial charge on any atom is 0.326 e. The first-order valence-corrected chi connectivity index (χ1v) is 11.1. The van der Waals surface area contributed by atoms with Crippen LogP contribution in [-0.2, 0) is 23.1 Å². The Morgan fingerprint density at radius 2 is 1.91 bits per heavy atom. The molecule has 1 unspecified atom stereocenters. The highest BCUT2D eigenvalue weighted by Crippen LogP contribution is 2.23. The Morgan fingerprint density at radius 1 is 1.16 bits per heavy atom. The van der Waals surface area contributed by atoms with Crippen LogP contribution in [0.4, 0.5) is 0 Å². The third-order valence-electron chi connectivity index (χ3n) is 5.21. The minimum atomic E-state index is -1.08. The monoisotopic (exact) mass is 449 g/mol. The van der Waals surface area contributed by atoms with Crippen LogP contribution in [0.2, 0.25) is 0 Å². The lowest BCUT2D eigenvalue weighted by molar-refractivity contribution is -0.141. The number of carboxylic acid groups (broad SMARTS) is 1. The molecule has 9 heteroatoms. The molecule has 0 spiro atoms. The number of rotatable bonds is 8. The molecular weight excluding hydrogens is 426 g/mol. The number of nitrogens with one attached hydrogen (secondary N) is 2. The van der Waals surface area contributed by atoms with E-state index in [9.17, 15) is 14.7 Å². The first-order chi connectivity index (χ1) is 15.4. The van der Waals surface area contributed by atoms with E-state index in [1.165, 1.54) is 11.8 Å². The summed E-state index contributed by atoms with van der Waals surface area (Å²) >= 11 is 1.22. The van der Waals surface area contributed by atoms with Gasteiger partial charge in [0.1, 0.15) is 6.04 Å². The molecule has 4 aromatic rings. The van der Waals surface area contributed by atoms with Crippen molar-refractivity contribution >= 4 is 34.5 Å². The van der Waals surface area contributed by atoms with E-state index in [-0.39, 0.29) is 18.1 Å². The summed E-state index contributed by atoms with van der Waals surface area (Å²) in [6.45, 7) is 2.02. The van der Waals surface area contributed by atoms with E-state index < -0.39 is 12.0 Å². The molecule has 8 nitrogen and oxygen atoms in total. The quantitative estimate of drug-likeness (QED) is 0.356. The fraction of sp³-hybridized carbons (Fsp3) is 0.217. The summed E-state index contributed by atoms with van der Waals surface area (Å²) in [5, 5.41) is 22.2. The zero-order chi connectivity index (χ0) is 22.7. The van der Waals surface area contributed by atoms with Gasteiger partial charge in [0.2, 0.25) is 5.91 Å². The molecule has 0 bridgehead atoms. The molecule has 164 valence electrons. The highest BCUT2D eigenvalue weighted by Gasteiger charge is 2.22. The number of aromatic amines is 1. The Bertz CT molecular complexity index is 1260. The maximum absolute atomic E-state index is 12.5. The van der Waals surface area contributed by atoms with Crippen LogP contribution in [0.3, 0.4) is 0 Å². The Hall–Kier alpha value is -3.59. The highest BCUT2D eigenvalue weighted by atomic mass is 32.2. The average Bonchev–Trinajstić information content (AvgIpc) is 3.36. The SMILES string of the molecule is Cc1ccc(-c2nnc(SCC(=O)NC(Cc3c[nH]c4ccccc34)C(=O)O)n2C)cc1. The number of aromatic nitrogens is 4. The predicted octanol–water partition coefficient (Wildman–Crippen LogP) is 3.18. The van der Waals surface area contributed by atoms with Crippen molar-refractivity contribution in [1.29, 1.82) is 0 Å². The van der Waals surface area contributed by atoms with Gasteiger partial charge in [-0.25, -0.2) is 4.79 Å². The van der Waals surface area contributed by atoms with Crippen molar-refractivity contribution in [3.8, 4) is 11.4 Å². The summed E-state index contributed by atoms with van der Waals surface area (Å²) in [5.41, 5.74) is 3.87. The summed E-state index contributed by atoms with van der Waals surface area (Å²) in [7, 11) is 1.84. The molecular formula is C23H23N5O3S. The van der Waals surface area contributed by atoms with E-state index in [0.717, 1.165) is 27.6 Å². The maximum atomic E-state index is 12.5. The number of H-pyrrole nitrogens is 1. The number of aryl methyl sites for hydroxylation is 1. The molecule has 4 rings (SSSR count). The van der Waals surface area contributed by atoms with Crippen molar-refractivity contribution in [3.63, 3.8) is 0 Å². The number of hydrogen-bond acceptors (Lipinski definition) is 5. The van der Waals surface area contributed by atoms with Crippen LogP contribution in [0.25, 0.3) is 22.3 Å². The fourth-order valence-corrected chi connectivity index (χ4v) is 4.20. The van der Waals surface area contributed by atoms with Gasteiger partial charge in [0.25, 0.3) is 0 Å². The normalized spacial score (nSPS) is 12.1. The van der Waals surface area contributed by atoms with Gasteiger partial charge < -0.3 is 20.0 Å². The van der Waals surface area contributed by atoms with Gasteiger partial charge in [0.05, 0.1) is 5.75 Å². The van der Waals surface area contributed by atoms with Crippen molar-refractivity contribution < 1.29 is 14.7 Å². The van der Waals surface area contributed by atoms with Gasteiger partial charge >= 0.3 is 5.97 Å². The van der Waals surface area contributed by atoms with E-state index in [4.69, 9.17) is 0 Å². The van der Waals surface area contributed by atoms with Gasteiger partial charge in [0.15, 0.2) is 11.0 Å². The van der Waals surface area contributed by atoms with Gasteiger partial charge in [-0.2, -0.15) is 0 Å². The number of para-hydroxylation sites is 1. The van der Waals surface area contributed by atoms with Crippen LogP contribution in [-0.4, -0.2) is 48.5 Å². The van der Waals surface area contributed by atoms with Crippen LogP contribution in [0.15, 0.2) is 59.9 Å². The van der Waals surface area contributed by atoms with Crippen molar-refractivity contribution in [2.45, 2.75) is 24.5 Å². The van der Waals surface area contributed by atoms with Crippen molar-refractivity contribution in [1.82, 2.24) is 25.1 Å². The third-order valence-corrected chi connectivity index (χ3v) is 6.23. The Labute approximate surface area is 189 Å². The lowest BCUT2D eigenvalue weighted by atomic mass is 10.1. The standard InChI is InChI=1S/C23H23N5O3S/c1-14-7-9-15(10-8-14)21-26-27-23(28(21)2)32-13-20(29)25-19(22(30)31)11-16-12-24-18-6-4-3-5-17(16)18/h3-10,12,19,24H,11,13H2,1-2H3,(H,25,29)(H,30,31). The molecule has 0 fully saturated rings. The minimum Gasteiger partial charge on any atom is -0.480 e. The molecule has 3 N–H and O–H groups in total. The number of carbonyl (C=O) groups excluding carboxylic acids is 1. The van der Waals surface area contributed by atoms with E-state index in [1.807, 2.05) is 67.1 Å². The van der Waals surface area contributed by atoms with E-state index in [1.54, 1.807) is 6.20 Å². The molecule has 32 heavy (non-hydrogen) atoms. The molecule has 0 aliphatic rings. The fourth-order valence-electron chi connectivity index (χ4n) is 3.48. The molecule has 2 aromatic carbocycles. The number of carbonyl (C=O) groups is 2. The van der Waals surface area contributed by atoms with Gasteiger partial charge in [-0.3, -0.25) is 4.79 Å². The lowest BCUT2D eigenvalue weighted by Crippen LogP contribution is -2.43. The molecule has 0 aliphatic heterocycles. The van der Waals surface area contributed by atoms with E-state index in [0.29, 0.717) is 11.0 Å². The Morgan fingerprint density at radius 3 is 2.66 bits per heavy atom. The number of hydrogen-bond donors (Lipinski definition) is 3. The van der Waals surface area contributed by atoms with Crippen LogP contribution in [0.1, 0.15) is 11.1 Å². The molecule has 0 aliphatic carbocycles. The van der Waals surface area contributed by atoms with Crippen LogP contribution < -0.4 is 5.32 Å². The summed E-state index contributed by atoms with van der Waals surface area (Å²) in [5.74, 6) is -0.705. The number of fused-ring (bicyclic) bond motifs is 1. The lowest BCUT2D eigenvalue weighted by Gasteiger charge is -2.14. The van der Waals surface area contributed by atoms with Crippen LogP contribution in [0, 0.1) is 6.92 Å². The van der Waals surface area contributed by atoms with Crippen LogP contribution in [0.5, 0.6) is 0 Å². The Balaban J connectivity index is 1.39. The number of amides is 1. The Kier molecular flexibility index (Phi) is 6.27. The van der Waals surface area contributed by atoms with E-state index in [2.05, 4.69) is 20.5 Å². The van der Waals surface area contributed by atoms with Gasteiger partial charge in [-0.05, 0) is 18.6 Å².